The van der Waals surface area contributed by atoms with Crippen LogP contribution in [0, 0.1) is 0 Å². The van der Waals surface area contributed by atoms with E-state index in [-0.39, 0.29) is 29.3 Å². The average Bonchev–Trinajstić information content (AvgIpc) is 2.50. The largest absolute Gasteiger partial charge is 0.368 e. The molecule has 0 spiro atoms. The lowest BCUT2D eigenvalue weighted by molar-refractivity contribution is -0.123. The van der Waals surface area contributed by atoms with Crippen molar-refractivity contribution in [2.75, 3.05) is 18.1 Å². The number of nitrogens with one attached hydrogen (secondary N) is 1. The van der Waals surface area contributed by atoms with Gasteiger partial charge >= 0.3 is 0 Å². The molecular formula is C10H19NO3S. The van der Waals surface area contributed by atoms with E-state index < -0.39 is 9.84 Å². The fourth-order valence-corrected chi connectivity index (χ4v) is 4.29. The third kappa shape index (κ3) is 2.05. The van der Waals surface area contributed by atoms with Crippen molar-refractivity contribution in [3.8, 4) is 0 Å². The number of fused-ring (bicyclic) bond motifs is 1. The minimum absolute atomic E-state index is 0.0150. The summed E-state index contributed by atoms with van der Waals surface area (Å²) in [5, 5.41) is 3.33. The summed E-state index contributed by atoms with van der Waals surface area (Å²) in [5.41, 5.74) is -0.152. The Hall–Kier alpha value is -0.130. The molecule has 5 heteroatoms. The predicted molar refractivity (Wildman–Crippen MR) is 58.6 cm³/mol. The van der Waals surface area contributed by atoms with Crippen molar-refractivity contribution >= 4 is 9.84 Å². The molecular weight excluding hydrogens is 214 g/mol. The molecule has 4 nitrogen and oxygen atoms in total. The standard InChI is InChI=1S/C10H19NO3S/c1-3-10(4-2)7-11-8-5-15(12,13)6-9(8)14-10/h8-9,11H,3-7H2,1-2H3. The monoisotopic (exact) mass is 233 g/mol. The Kier molecular flexibility index (Phi) is 2.81. The lowest BCUT2D eigenvalue weighted by Gasteiger charge is -2.42. The molecule has 15 heavy (non-hydrogen) atoms. The first-order valence-corrected chi connectivity index (χ1v) is 7.44. The highest BCUT2D eigenvalue weighted by Gasteiger charge is 2.46. The summed E-state index contributed by atoms with van der Waals surface area (Å²) in [6.07, 6.45) is 1.73. The van der Waals surface area contributed by atoms with Gasteiger partial charge in [-0.05, 0) is 12.8 Å². The molecule has 0 bridgehead atoms. The van der Waals surface area contributed by atoms with Crippen molar-refractivity contribution in [3.63, 3.8) is 0 Å². The van der Waals surface area contributed by atoms with Crippen molar-refractivity contribution in [1.29, 1.82) is 0 Å². The maximum absolute atomic E-state index is 11.5. The highest BCUT2D eigenvalue weighted by Crippen LogP contribution is 2.30. The first kappa shape index (κ1) is 11.4. The number of ether oxygens (including phenoxy) is 1. The van der Waals surface area contributed by atoms with E-state index in [1.807, 2.05) is 0 Å². The van der Waals surface area contributed by atoms with Crippen LogP contribution in [0.4, 0.5) is 0 Å². The number of morpholine rings is 1. The fourth-order valence-electron chi connectivity index (χ4n) is 2.47. The van der Waals surface area contributed by atoms with E-state index in [1.165, 1.54) is 0 Å². The molecule has 2 atom stereocenters. The van der Waals surface area contributed by atoms with E-state index >= 15 is 0 Å². The first-order valence-electron chi connectivity index (χ1n) is 5.62. The summed E-state index contributed by atoms with van der Waals surface area (Å²) in [4.78, 5) is 0. The van der Waals surface area contributed by atoms with Crippen LogP contribution in [0.1, 0.15) is 26.7 Å². The van der Waals surface area contributed by atoms with Crippen molar-refractivity contribution < 1.29 is 13.2 Å². The van der Waals surface area contributed by atoms with E-state index in [4.69, 9.17) is 4.74 Å². The molecule has 2 unspecified atom stereocenters. The summed E-state index contributed by atoms with van der Waals surface area (Å²) in [7, 11) is -2.88. The first-order chi connectivity index (χ1) is 7.00. The summed E-state index contributed by atoms with van der Waals surface area (Å²) in [6.45, 7) is 4.96. The van der Waals surface area contributed by atoms with Crippen LogP contribution in [0.25, 0.3) is 0 Å². The molecule has 2 saturated heterocycles. The van der Waals surface area contributed by atoms with Gasteiger partial charge in [0.1, 0.15) is 0 Å². The molecule has 2 rings (SSSR count). The van der Waals surface area contributed by atoms with Crippen LogP contribution in [0.5, 0.6) is 0 Å². The fraction of sp³-hybridized carbons (Fsp3) is 1.00. The molecule has 2 aliphatic heterocycles. The van der Waals surface area contributed by atoms with Gasteiger partial charge in [-0.2, -0.15) is 0 Å². The number of rotatable bonds is 2. The maximum atomic E-state index is 11.5. The van der Waals surface area contributed by atoms with Crippen LogP contribution < -0.4 is 5.32 Å². The van der Waals surface area contributed by atoms with Gasteiger partial charge in [-0.3, -0.25) is 0 Å². The molecule has 0 aliphatic carbocycles. The molecule has 2 aliphatic rings. The van der Waals surface area contributed by atoms with Gasteiger partial charge in [-0.25, -0.2) is 8.42 Å². The molecule has 0 saturated carbocycles. The van der Waals surface area contributed by atoms with Crippen molar-refractivity contribution in [3.05, 3.63) is 0 Å². The summed E-state index contributed by atoms with van der Waals surface area (Å²) in [6, 6.07) is 0.0150. The van der Waals surface area contributed by atoms with E-state index in [2.05, 4.69) is 19.2 Å². The second-order valence-electron chi connectivity index (χ2n) is 4.61. The quantitative estimate of drug-likeness (QED) is 0.747. The summed E-state index contributed by atoms with van der Waals surface area (Å²) in [5.74, 6) is 0.424. The van der Waals surface area contributed by atoms with Crippen LogP contribution in [0.2, 0.25) is 0 Å². The smallest absolute Gasteiger partial charge is 0.154 e. The van der Waals surface area contributed by atoms with Crippen LogP contribution in [0.3, 0.4) is 0 Å². The number of sulfone groups is 1. The Labute approximate surface area is 91.3 Å². The maximum Gasteiger partial charge on any atom is 0.154 e. The normalized spacial score (nSPS) is 37.5. The lowest BCUT2D eigenvalue weighted by Crippen LogP contribution is -2.58. The molecule has 0 radical (unpaired) electrons. The second-order valence-corrected chi connectivity index (χ2v) is 6.76. The predicted octanol–water partition coefficient (Wildman–Crippen LogP) is 0.331. The molecule has 2 fully saturated rings. The third-order valence-electron chi connectivity index (χ3n) is 3.68. The zero-order valence-corrected chi connectivity index (χ0v) is 10.1. The van der Waals surface area contributed by atoms with Crippen LogP contribution >= 0.6 is 0 Å². The van der Waals surface area contributed by atoms with Gasteiger partial charge in [-0.15, -0.1) is 0 Å². The zero-order chi connectivity index (χ0) is 11.1. The SMILES string of the molecule is CCC1(CC)CNC2CS(=O)(=O)CC2O1. The minimum atomic E-state index is -2.88. The highest BCUT2D eigenvalue weighted by molar-refractivity contribution is 7.91. The third-order valence-corrected chi connectivity index (χ3v) is 5.38. The van der Waals surface area contributed by atoms with Crippen molar-refractivity contribution in [1.82, 2.24) is 5.32 Å². The minimum Gasteiger partial charge on any atom is -0.368 e. The van der Waals surface area contributed by atoms with E-state index in [9.17, 15) is 8.42 Å². The molecule has 0 aromatic heterocycles. The zero-order valence-electron chi connectivity index (χ0n) is 9.32. The average molecular weight is 233 g/mol. The molecule has 1 N–H and O–H groups in total. The lowest BCUT2D eigenvalue weighted by atomic mass is 9.93. The van der Waals surface area contributed by atoms with E-state index in [1.54, 1.807) is 0 Å². The molecule has 2 heterocycles. The number of hydrogen-bond donors (Lipinski definition) is 1. The van der Waals surface area contributed by atoms with E-state index in [0.29, 0.717) is 0 Å². The van der Waals surface area contributed by atoms with Gasteiger partial charge in [0.15, 0.2) is 9.84 Å². The van der Waals surface area contributed by atoms with Gasteiger partial charge < -0.3 is 10.1 Å². The molecule has 0 aromatic carbocycles. The molecule has 88 valence electrons. The molecule has 0 aromatic rings. The van der Waals surface area contributed by atoms with Gasteiger partial charge in [0.05, 0.1) is 23.2 Å². The van der Waals surface area contributed by atoms with Crippen LogP contribution in [-0.2, 0) is 14.6 Å². The second kappa shape index (κ2) is 3.71. The van der Waals surface area contributed by atoms with Crippen LogP contribution in [-0.4, -0.2) is 44.2 Å². The molecule has 0 amide bonds. The Morgan fingerprint density at radius 2 is 2.00 bits per heavy atom. The Morgan fingerprint density at radius 3 is 2.60 bits per heavy atom. The highest BCUT2D eigenvalue weighted by atomic mass is 32.2. The Bertz CT molecular complexity index is 335. The van der Waals surface area contributed by atoms with Crippen molar-refractivity contribution in [2.45, 2.75) is 44.4 Å². The van der Waals surface area contributed by atoms with Gasteiger partial charge in [0.25, 0.3) is 0 Å². The topological polar surface area (TPSA) is 55.4 Å². The number of hydrogen-bond acceptors (Lipinski definition) is 4. The van der Waals surface area contributed by atoms with Gasteiger partial charge in [0, 0.05) is 12.6 Å². The van der Waals surface area contributed by atoms with Crippen LogP contribution in [0.15, 0.2) is 0 Å². The summed E-state index contributed by atoms with van der Waals surface area (Å²) >= 11 is 0. The van der Waals surface area contributed by atoms with Gasteiger partial charge in [-0.1, -0.05) is 13.8 Å². The van der Waals surface area contributed by atoms with E-state index in [0.717, 1.165) is 19.4 Å². The Morgan fingerprint density at radius 1 is 1.33 bits per heavy atom. The Balaban J connectivity index is 2.13. The summed E-state index contributed by atoms with van der Waals surface area (Å²) < 4.78 is 28.9. The van der Waals surface area contributed by atoms with Gasteiger partial charge in [0.2, 0.25) is 0 Å². The van der Waals surface area contributed by atoms with Crippen molar-refractivity contribution in [2.24, 2.45) is 0 Å².